The van der Waals surface area contributed by atoms with E-state index in [4.69, 9.17) is 18.9 Å². The zero-order valence-electron chi connectivity index (χ0n) is 22.6. The summed E-state index contributed by atoms with van der Waals surface area (Å²) in [6.07, 6.45) is -2.92. The van der Waals surface area contributed by atoms with Crippen molar-refractivity contribution >= 4 is 29.4 Å². The summed E-state index contributed by atoms with van der Waals surface area (Å²) in [4.78, 5) is 60.2. The van der Waals surface area contributed by atoms with Crippen LogP contribution in [0.25, 0.3) is 0 Å². The molecule has 1 amide bonds. The maximum atomic E-state index is 13.1. The number of β-lactam (4-membered cyclic amide) rings is 1. The van der Waals surface area contributed by atoms with Gasteiger partial charge in [-0.25, -0.2) is 9.59 Å². The first-order valence-electron chi connectivity index (χ1n) is 12.5. The Labute approximate surface area is 233 Å². The van der Waals surface area contributed by atoms with Crippen LogP contribution in [0.1, 0.15) is 38.8 Å². The number of nitro benzene ring substituents is 2. The van der Waals surface area contributed by atoms with Crippen LogP contribution < -0.4 is 0 Å². The lowest BCUT2D eigenvalue weighted by molar-refractivity contribution is -0.385. The molecule has 0 bridgehead atoms. The van der Waals surface area contributed by atoms with Crippen LogP contribution in [0.4, 0.5) is 16.2 Å². The topological polar surface area (TPSA) is 178 Å². The van der Waals surface area contributed by atoms with Gasteiger partial charge in [-0.05, 0) is 42.3 Å². The molecule has 2 aliphatic heterocycles. The number of nitro groups is 2. The van der Waals surface area contributed by atoms with Gasteiger partial charge in [-0.1, -0.05) is 20.8 Å². The minimum atomic E-state index is -1.05. The van der Waals surface area contributed by atoms with Gasteiger partial charge in [0.05, 0.1) is 9.85 Å². The first-order chi connectivity index (χ1) is 19.3. The molecule has 0 radical (unpaired) electrons. The third kappa shape index (κ3) is 6.10. The van der Waals surface area contributed by atoms with Crippen molar-refractivity contribution in [1.29, 1.82) is 0 Å². The van der Waals surface area contributed by atoms with Crippen molar-refractivity contribution in [2.45, 2.75) is 53.2 Å². The van der Waals surface area contributed by atoms with Gasteiger partial charge >= 0.3 is 12.1 Å². The molecule has 14 nitrogen and oxygen atoms in total. The molecule has 0 spiro atoms. The third-order valence-electron chi connectivity index (χ3n) is 6.46. The van der Waals surface area contributed by atoms with Crippen LogP contribution in [0.3, 0.4) is 0 Å². The van der Waals surface area contributed by atoms with E-state index in [9.17, 15) is 34.6 Å². The molecule has 2 heterocycles. The van der Waals surface area contributed by atoms with E-state index in [2.05, 4.69) is 0 Å². The maximum Gasteiger partial charge on any atom is 0.508 e. The highest BCUT2D eigenvalue weighted by molar-refractivity contribution is 5.99. The van der Waals surface area contributed by atoms with Crippen LogP contribution in [0, 0.1) is 31.6 Å². The fraction of sp³-hybridized carbons (Fsp3) is 0.370. The van der Waals surface area contributed by atoms with Crippen LogP contribution in [0.2, 0.25) is 0 Å². The normalized spacial score (nSPS) is 18.5. The van der Waals surface area contributed by atoms with E-state index in [0.717, 1.165) is 0 Å². The molecular weight excluding hydrogens is 542 g/mol. The average Bonchev–Trinajstić information content (AvgIpc) is 3.27. The summed E-state index contributed by atoms with van der Waals surface area (Å²) < 4.78 is 21.8. The lowest BCUT2D eigenvalue weighted by atomic mass is 9.89. The molecule has 0 aliphatic carbocycles. The number of rotatable bonds is 9. The molecule has 2 aromatic carbocycles. The highest BCUT2D eigenvalue weighted by atomic mass is 16.7. The maximum absolute atomic E-state index is 13.1. The average molecular weight is 570 g/mol. The Balaban J connectivity index is 1.37. The number of ether oxygens (including phenoxy) is 4. The van der Waals surface area contributed by atoms with E-state index >= 15 is 0 Å². The van der Waals surface area contributed by atoms with Gasteiger partial charge in [0.25, 0.3) is 11.4 Å². The second kappa shape index (κ2) is 11.2. The van der Waals surface area contributed by atoms with Gasteiger partial charge in [0, 0.05) is 29.7 Å². The highest BCUT2D eigenvalue weighted by Gasteiger charge is 2.61. The summed E-state index contributed by atoms with van der Waals surface area (Å²) in [6.45, 7) is 6.51. The Kier molecular flexibility index (Phi) is 7.94. The Hall–Kier alpha value is -5.01. The van der Waals surface area contributed by atoms with E-state index in [1.807, 2.05) is 0 Å². The molecule has 2 aliphatic rings. The quantitative estimate of drug-likeness (QED) is 0.181. The predicted octanol–water partition coefficient (Wildman–Crippen LogP) is 4.36. The van der Waals surface area contributed by atoms with Crippen LogP contribution in [-0.4, -0.2) is 45.1 Å². The minimum absolute atomic E-state index is 0.0568. The number of esters is 1. The Bertz CT molecular complexity index is 1410. The van der Waals surface area contributed by atoms with Crippen LogP contribution in [-0.2, 0) is 41.8 Å². The molecule has 1 saturated heterocycles. The highest BCUT2D eigenvalue weighted by Crippen LogP contribution is 2.47. The number of hydrogen-bond donors (Lipinski definition) is 0. The minimum Gasteiger partial charge on any atom is -0.470 e. The summed E-state index contributed by atoms with van der Waals surface area (Å²) in [5.74, 6) is -2.00. The Morgan fingerprint density at radius 3 is 1.88 bits per heavy atom. The molecule has 1 fully saturated rings. The van der Waals surface area contributed by atoms with Crippen molar-refractivity contribution in [3.8, 4) is 0 Å². The van der Waals surface area contributed by atoms with Crippen LogP contribution >= 0.6 is 0 Å². The lowest BCUT2D eigenvalue weighted by Gasteiger charge is -2.43. The van der Waals surface area contributed by atoms with Gasteiger partial charge in [-0.3, -0.25) is 29.9 Å². The third-order valence-corrected chi connectivity index (χ3v) is 6.46. The van der Waals surface area contributed by atoms with Gasteiger partial charge in [0.15, 0.2) is 11.9 Å². The van der Waals surface area contributed by atoms with Crippen LogP contribution in [0.15, 0.2) is 60.0 Å². The molecule has 0 aromatic heterocycles. The van der Waals surface area contributed by atoms with Gasteiger partial charge in [0.1, 0.15) is 31.0 Å². The predicted molar refractivity (Wildman–Crippen MR) is 138 cm³/mol. The van der Waals surface area contributed by atoms with Crippen molar-refractivity contribution in [3.63, 3.8) is 0 Å². The largest absolute Gasteiger partial charge is 0.508 e. The summed E-state index contributed by atoms with van der Waals surface area (Å²) in [5, 5.41) is 21.6. The lowest BCUT2D eigenvalue weighted by Crippen LogP contribution is -2.63. The molecule has 4 rings (SSSR count). The SMILES string of the molecule is CC(OC(=O)OCc1ccc([N+](=O)[O-])cc1)C1C(=O)N2C(C(=O)OCc3ccc([N+](=O)[O-])cc3)=C(C(C)(C)C)OC12. The standard InChI is InChI=1S/C27H27N3O11/c1-15(40-26(33)39-14-17-7-11-19(12-8-17)30(36)37)20-23(31)28-21(22(27(2,3)4)41-24(20)28)25(32)38-13-16-5-9-18(10-6-16)29(34)35/h5-12,15,20,24H,13-14H2,1-4H3. The number of nitrogens with zero attached hydrogens (tertiary/aromatic N) is 3. The second-order valence-electron chi connectivity index (χ2n) is 10.5. The zero-order chi connectivity index (χ0) is 30.1. The molecule has 2 aromatic rings. The molecule has 3 atom stereocenters. The van der Waals surface area contributed by atoms with E-state index < -0.39 is 51.5 Å². The number of hydrogen-bond acceptors (Lipinski definition) is 11. The van der Waals surface area contributed by atoms with Gasteiger partial charge in [0.2, 0.25) is 5.91 Å². The molecular formula is C27H27N3O11. The van der Waals surface area contributed by atoms with Gasteiger partial charge < -0.3 is 18.9 Å². The van der Waals surface area contributed by atoms with Crippen molar-refractivity contribution in [1.82, 2.24) is 4.90 Å². The summed E-state index contributed by atoms with van der Waals surface area (Å²) in [7, 11) is 0. The Morgan fingerprint density at radius 2 is 1.41 bits per heavy atom. The number of carbonyl (C=O) groups excluding carboxylic acids is 3. The Morgan fingerprint density at radius 1 is 0.927 bits per heavy atom. The van der Waals surface area contributed by atoms with Gasteiger partial charge in [-0.2, -0.15) is 0 Å². The van der Waals surface area contributed by atoms with Crippen molar-refractivity contribution in [2.75, 3.05) is 0 Å². The summed E-state index contributed by atoms with van der Waals surface area (Å²) >= 11 is 0. The number of amides is 1. The number of fused-ring (bicyclic) bond motifs is 1. The summed E-state index contributed by atoms with van der Waals surface area (Å²) in [5.41, 5.74) is 0.0673. The van der Waals surface area contributed by atoms with Crippen molar-refractivity contribution in [3.05, 3.63) is 91.3 Å². The first kappa shape index (κ1) is 29.0. The van der Waals surface area contributed by atoms with E-state index in [-0.39, 0.29) is 36.0 Å². The fourth-order valence-electron chi connectivity index (χ4n) is 4.34. The summed E-state index contributed by atoms with van der Waals surface area (Å²) in [6, 6.07) is 10.9. The number of carbonyl (C=O) groups is 3. The van der Waals surface area contributed by atoms with Gasteiger partial charge in [-0.15, -0.1) is 0 Å². The second-order valence-corrected chi connectivity index (χ2v) is 10.5. The number of allylic oxidation sites excluding steroid dienone is 1. The molecule has 3 unspecified atom stereocenters. The van der Waals surface area contributed by atoms with E-state index in [1.165, 1.54) is 60.4 Å². The molecule has 216 valence electrons. The van der Waals surface area contributed by atoms with Crippen LogP contribution in [0.5, 0.6) is 0 Å². The monoisotopic (exact) mass is 569 g/mol. The zero-order valence-corrected chi connectivity index (χ0v) is 22.6. The molecule has 41 heavy (non-hydrogen) atoms. The van der Waals surface area contributed by atoms with Crippen molar-refractivity contribution < 1.29 is 43.2 Å². The smallest absolute Gasteiger partial charge is 0.470 e. The van der Waals surface area contributed by atoms with E-state index in [0.29, 0.717) is 11.1 Å². The first-order valence-corrected chi connectivity index (χ1v) is 12.5. The molecule has 0 saturated carbocycles. The molecule has 0 N–H and O–H groups in total. The van der Waals surface area contributed by atoms with Crippen molar-refractivity contribution in [2.24, 2.45) is 11.3 Å². The van der Waals surface area contributed by atoms with E-state index in [1.54, 1.807) is 20.8 Å². The number of non-ortho nitro benzene ring substituents is 2. The number of benzene rings is 2. The fourth-order valence-corrected chi connectivity index (χ4v) is 4.34. The molecule has 14 heteroatoms.